The van der Waals surface area contributed by atoms with Crippen LogP contribution in [0, 0.1) is 0 Å². The van der Waals surface area contributed by atoms with E-state index in [4.69, 9.17) is 0 Å². The molecular formula is C16H25N3O2. The minimum atomic E-state index is -0.00653. The molecule has 1 aromatic rings. The van der Waals surface area contributed by atoms with Crippen LogP contribution in [0.15, 0.2) is 24.3 Å². The number of nitrogens with zero attached hydrogens (tertiary/aromatic N) is 1. The van der Waals surface area contributed by atoms with Gasteiger partial charge < -0.3 is 15.5 Å². The molecule has 0 saturated heterocycles. The topological polar surface area (TPSA) is 61.4 Å². The van der Waals surface area contributed by atoms with Crippen molar-refractivity contribution in [1.29, 1.82) is 0 Å². The van der Waals surface area contributed by atoms with Gasteiger partial charge in [0.05, 0.1) is 0 Å². The standard InChI is InChI=1S/C16H25N3O2/c1-17-10-5-8-15(20)18-11-9-13-6-4-7-14(12-13)16(21)19(2)3/h4,6-7,12,17H,5,8-11H2,1-3H3,(H,18,20). The summed E-state index contributed by atoms with van der Waals surface area (Å²) < 4.78 is 0. The van der Waals surface area contributed by atoms with Crippen molar-refractivity contribution in [3.63, 3.8) is 0 Å². The lowest BCUT2D eigenvalue weighted by Gasteiger charge is -2.11. The minimum absolute atomic E-state index is 0.00653. The van der Waals surface area contributed by atoms with E-state index >= 15 is 0 Å². The fourth-order valence-corrected chi connectivity index (χ4v) is 1.98. The van der Waals surface area contributed by atoms with Crippen molar-refractivity contribution in [2.75, 3.05) is 34.2 Å². The third kappa shape index (κ3) is 6.40. The Kier molecular flexibility index (Phi) is 7.46. The van der Waals surface area contributed by atoms with Crippen molar-refractivity contribution in [3.05, 3.63) is 35.4 Å². The number of carbonyl (C=O) groups excluding carboxylic acids is 2. The molecule has 116 valence electrons. The van der Waals surface area contributed by atoms with Crippen molar-refractivity contribution >= 4 is 11.8 Å². The van der Waals surface area contributed by atoms with Crippen LogP contribution < -0.4 is 10.6 Å². The lowest BCUT2D eigenvalue weighted by Crippen LogP contribution is -2.26. The molecule has 5 nitrogen and oxygen atoms in total. The first-order valence-electron chi connectivity index (χ1n) is 7.26. The summed E-state index contributed by atoms with van der Waals surface area (Å²) in [7, 11) is 5.35. The average molecular weight is 291 g/mol. The Morgan fingerprint density at radius 3 is 2.62 bits per heavy atom. The Balaban J connectivity index is 2.40. The summed E-state index contributed by atoms with van der Waals surface area (Å²) in [6.45, 7) is 1.44. The van der Waals surface area contributed by atoms with Crippen LogP contribution in [0.1, 0.15) is 28.8 Å². The number of benzene rings is 1. The molecule has 0 aliphatic rings. The van der Waals surface area contributed by atoms with Crippen molar-refractivity contribution in [2.24, 2.45) is 0 Å². The van der Waals surface area contributed by atoms with E-state index in [2.05, 4.69) is 10.6 Å². The first-order valence-corrected chi connectivity index (χ1v) is 7.26. The zero-order valence-corrected chi connectivity index (χ0v) is 13.1. The summed E-state index contributed by atoms with van der Waals surface area (Å²) in [6.07, 6.45) is 2.11. The Labute approximate surface area is 126 Å². The van der Waals surface area contributed by atoms with Gasteiger partial charge in [0.2, 0.25) is 5.91 Å². The van der Waals surface area contributed by atoms with Gasteiger partial charge in [-0.1, -0.05) is 12.1 Å². The lowest BCUT2D eigenvalue weighted by atomic mass is 10.1. The van der Waals surface area contributed by atoms with E-state index in [0.717, 1.165) is 24.9 Å². The van der Waals surface area contributed by atoms with Crippen molar-refractivity contribution in [1.82, 2.24) is 15.5 Å². The van der Waals surface area contributed by atoms with Crippen molar-refractivity contribution in [3.8, 4) is 0 Å². The number of hydrogen-bond acceptors (Lipinski definition) is 3. The Morgan fingerprint density at radius 2 is 1.95 bits per heavy atom. The molecule has 0 aliphatic carbocycles. The fourth-order valence-electron chi connectivity index (χ4n) is 1.98. The van der Waals surface area contributed by atoms with E-state index in [-0.39, 0.29) is 11.8 Å². The number of amides is 2. The van der Waals surface area contributed by atoms with Crippen LogP contribution in [0.3, 0.4) is 0 Å². The molecule has 0 atom stereocenters. The predicted molar refractivity (Wildman–Crippen MR) is 84.3 cm³/mol. The quantitative estimate of drug-likeness (QED) is 0.704. The Hall–Kier alpha value is -1.88. The third-order valence-corrected chi connectivity index (χ3v) is 3.15. The maximum Gasteiger partial charge on any atom is 0.253 e. The molecular weight excluding hydrogens is 266 g/mol. The van der Waals surface area contributed by atoms with E-state index < -0.39 is 0 Å². The summed E-state index contributed by atoms with van der Waals surface area (Å²) in [4.78, 5) is 25.0. The predicted octanol–water partition coefficient (Wildman–Crippen LogP) is 1.05. The van der Waals surface area contributed by atoms with E-state index in [9.17, 15) is 9.59 Å². The SMILES string of the molecule is CNCCCC(=O)NCCc1cccc(C(=O)N(C)C)c1. The molecule has 0 aliphatic heterocycles. The number of rotatable bonds is 8. The largest absolute Gasteiger partial charge is 0.356 e. The third-order valence-electron chi connectivity index (χ3n) is 3.15. The first kappa shape index (κ1) is 17.2. The molecule has 5 heteroatoms. The van der Waals surface area contributed by atoms with Gasteiger partial charge in [-0.3, -0.25) is 9.59 Å². The molecule has 2 N–H and O–H groups in total. The second-order valence-corrected chi connectivity index (χ2v) is 5.21. The molecule has 0 spiro atoms. The van der Waals surface area contributed by atoms with Gasteiger partial charge >= 0.3 is 0 Å². The Bertz CT molecular complexity index is 472. The van der Waals surface area contributed by atoms with E-state index in [1.807, 2.05) is 31.3 Å². The first-order chi connectivity index (χ1) is 10.0. The molecule has 0 bridgehead atoms. The van der Waals surface area contributed by atoms with E-state index in [1.54, 1.807) is 19.0 Å². The summed E-state index contributed by atoms with van der Waals surface area (Å²) in [5.41, 5.74) is 1.73. The normalized spacial score (nSPS) is 10.2. The summed E-state index contributed by atoms with van der Waals surface area (Å²) in [5, 5.41) is 5.91. The van der Waals surface area contributed by atoms with Crippen LogP contribution in [-0.4, -0.2) is 50.9 Å². The highest BCUT2D eigenvalue weighted by molar-refractivity contribution is 5.94. The fraction of sp³-hybridized carbons (Fsp3) is 0.500. The maximum atomic E-state index is 11.9. The maximum absolute atomic E-state index is 11.9. The van der Waals surface area contributed by atoms with Crippen molar-refractivity contribution < 1.29 is 9.59 Å². The van der Waals surface area contributed by atoms with Crippen molar-refractivity contribution in [2.45, 2.75) is 19.3 Å². The van der Waals surface area contributed by atoms with Gasteiger partial charge in [-0.15, -0.1) is 0 Å². The zero-order valence-electron chi connectivity index (χ0n) is 13.1. The molecule has 0 aromatic heterocycles. The Morgan fingerprint density at radius 1 is 1.19 bits per heavy atom. The van der Waals surface area contributed by atoms with Gasteiger partial charge in [-0.2, -0.15) is 0 Å². The van der Waals surface area contributed by atoms with E-state index in [1.165, 1.54) is 0 Å². The number of nitrogens with one attached hydrogen (secondary N) is 2. The molecule has 0 heterocycles. The van der Waals surface area contributed by atoms with Crippen LogP contribution in [-0.2, 0) is 11.2 Å². The van der Waals surface area contributed by atoms with Crippen LogP contribution in [0.25, 0.3) is 0 Å². The van der Waals surface area contributed by atoms with Gasteiger partial charge in [0, 0.05) is 32.6 Å². The van der Waals surface area contributed by atoms with Gasteiger partial charge in [0.15, 0.2) is 0 Å². The van der Waals surface area contributed by atoms with Gasteiger partial charge in [0.1, 0.15) is 0 Å². The lowest BCUT2D eigenvalue weighted by molar-refractivity contribution is -0.121. The average Bonchev–Trinajstić information content (AvgIpc) is 2.47. The highest BCUT2D eigenvalue weighted by Crippen LogP contribution is 2.07. The molecule has 0 fully saturated rings. The van der Waals surface area contributed by atoms with Gasteiger partial charge in [-0.05, 0) is 44.1 Å². The minimum Gasteiger partial charge on any atom is -0.356 e. The second-order valence-electron chi connectivity index (χ2n) is 5.21. The molecule has 1 rings (SSSR count). The number of carbonyl (C=O) groups is 2. The van der Waals surface area contributed by atoms with Crippen LogP contribution >= 0.6 is 0 Å². The molecule has 0 saturated carbocycles. The van der Waals surface area contributed by atoms with E-state index in [0.29, 0.717) is 18.5 Å². The van der Waals surface area contributed by atoms with Crippen LogP contribution in [0.5, 0.6) is 0 Å². The van der Waals surface area contributed by atoms with Gasteiger partial charge in [0.25, 0.3) is 5.91 Å². The smallest absolute Gasteiger partial charge is 0.253 e. The molecule has 1 aromatic carbocycles. The molecule has 2 amide bonds. The summed E-state index contributed by atoms with van der Waals surface area (Å²) in [5.74, 6) is 0.0683. The molecule has 0 radical (unpaired) electrons. The molecule has 21 heavy (non-hydrogen) atoms. The monoisotopic (exact) mass is 291 g/mol. The number of hydrogen-bond donors (Lipinski definition) is 2. The highest BCUT2D eigenvalue weighted by Gasteiger charge is 2.08. The van der Waals surface area contributed by atoms with Crippen LogP contribution in [0.2, 0.25) is 0 Å². The zero-order chi connectivity index (χ0) is 15.7. The van der Waals surface area contributed by atoms with Gasteiger partial charge in [-0.25, -0.2) is 0 Å². The summed E-state index contributed by atoms with van der Waals surface area (Å²) in [6, 6.07) is 7.54. The molecule has 0 unspecified atom stereocenters. The highest BCUT2D eigenvalue weighted by atomic mass is 16.2. The second kappa shape index (κ2) is 9.13. The van der Waals surface area contributed by atoms with Crippen LogP contribution in [0.4, 0.5) is 0 Å². The summed E-state index contributed by atoms with van der Waals surface area (Å²) >= 11 is 0.